The van der Waals surface area contributed by atoms with Crippen LogP contribution in [0.15, 0.2) is 75.9 Å². The van der Waals surface area contributed by atoms with Crippen LogP contribution in [-0.2, 0) is 12.8 Å². The monoisotopic (exact) mass is 493 g/mol. The van der Waals surface area contributed by atoms with Crippen LogP contribution in [0.25, 0.3) is 10.8 Å². The van der Waals surface area contributed by atoms with Gasteiger partial charge in [-0.15, -0.1) is 0 Å². The number of rotatable bonds is 5. The lowest BCUT2D eigenvalue weighted by Gasteiger charge is -2.22. The minimum Gasteiger partial charge on any atom is -0.507 e. The fourth-order valence-electron chi connectivity index (χ4n) is 5.83. The third-order valence-corrected chi connectivity index (χ3v) is 7.84. The van der Waals surface area contributed by atoms with Crippen molar-refractivity contribution in [1.82, 2.24) is 0 Å². The van der Waals surface area contributed by atoms with E-state index in [4.69, 9.17) is 4.42 Å². The normalized spacial score (nSPS) is 16.4. The van der Waals surface area contributed by atoms with Gasteiger partial charge in [-0.1, -0.05) is 61.4 Å². The minimum absolute atomic E-state index is 0.121. The molecular weight excluding hydrogens is 462 g/mol. The fraction of sp³-hybridized carbons (Fsp3) is 0.312. The number of aromatic hydroxyl groups is 1. The first-order valence-corrected chi connectivity index (χ1v) is 13.4. The summed E-state index contributed by atoms with van der Waals surface area (Å²) in [5, 5.41) is 16.3. The molecule has 1 heterocycles. The highest BCUT2D eigenvalue weighted by Gasteiger charge is 2.38. The Hall–Kier alpha value is -3.86. The molecule has 0 bridgehead atoms. The Balaban J connectivity index is 1.35. The molecule has 1 aromatic heterocycles. The van der Waals surface area contributed by atoms with E-state index < -0.39 is 5.63 Å². The Morgan fingerprint density at radius 3 is 2.51 bits per heavy atom. The summed E-state index contributed by atoms with van der Waals surface area (Å²) >= 11 is 0. The summed E-state index contributed by atoms with van der Waals surface area (Å²) in [5.41, 5.74) is 2.93. The largest absolute Gasteiger partial charge is 0.507 e. The molecule has 4 aromatic rings. The zero-order valence-electron chi connectivity index (χ0n) is 20.8. The Morgan fingerprint density at radius 2 is 1.68 bits per heavy atom. The number of carbonyl (C=O) groups is 1. The number of carbonyl (C=O) groups excluding carboxylic acids is 1. The zero-order chi connectivity index (χ0) is 25.4. The van der Waals surface area contributed by atoms with Crippen molar-refractivity contribution in [2.75, 3.05) is 5.32 Å². The summed E-state index contributed by atoms with van der Waals surface area (Å²) in [4.78, 5) is 26.5. The molecule has 0 aliphatic heterocycles. The van der Waals surface area contributed by atoms with E-state index in [1.54, 1.807) is 0 Å². The third kappa shape index (κ3) is 4.66. The van der Waals surface area contributed by atoms with Crippen molar-refractivity contribution in [3.8, 4) is 5.75 Å². The van der Waals surface area contributed by atoms with E-state index in [9.17, 15) is 14.7 Å². The van der Waals surface area contributed by atoms with Gasteiger partial charge in [-0.3, -0.25) is 4.79 Å². The molecule has 3 aromatic carbocycles. The van der Waals surface area contributed by atoms with E-state index in [1.165, 1.54) is 0 Å². The van der Waals surface area contributed by atoms with Gasteiger partial charge >= 0.3 is 5.63 Å². The van der Waals surface area contributed by atoms with Crippen LogP contribution in [0.1, 0.15) is 77.3 Å². The van der Waals surface area contributed by atoms with E-state index in [0.717, 1.165) is 66.8 Å². The molecule has 1 saturated carbocycles. The molecule has 1 amide bonds. The number of fused-ring (bicyclic) bond motifs is 2. The van der Waals surface area contributed by atoms with Gasteiger partial charge in [-0.05, 0) is 72.6 Å². The van der Waals surface area contributed by atoms with Gasteiger partial charge in [0, 0.05) is 29.2 Å². The average Bonchev–Trinajstić information content (AvgIpc) is 3.73. The third-order valence-electron chi connectivity index (χ3n) is 7.84. The summed E-state index contributed by atoms with van der Waals surface area (Å²) < 4.78 is 5.84. The van der Waals surface area contributed by atoms with Gasteiger partial charge in [-0.2, -0.15) is 0 Å². The Morgan fingerprint density at radius 1 is 0.919 bits per heavy atom. The zero-order valence-corrected chi connectivity index (χ0v) is 20.8. The van der Waals surface area contributed by atoms with Gasteiger partial charge in [-0.25, -0.2) is 4.79 Å². The molecule has 5 nitrogen and oxygen atoms in total. The van der Waals surface area contributed by atoms with Crippen molar-refractivity contribution >= 4 is 22.4 Å². The number of hydrogen-bond donors (Lipinski definition) is 2. The van der Waals surface area contributed by atoms with Gasteiger partial charge in [0.05, 0.1) is 5.56 Å². The van der Waals surface area contributed by atoms with Crippen LogP contribution in [-0.4, -0.2) is 11.0 Å². The van der Waals surface area contributed by atoms with Crippen LogP contribution in [0.4, 0.5) is 5.69 Å². The second kappa shape index (κ2) is 9.89. The Labute approximate surface area is 216 Å². The number of amides is 1. The maximum atomic E-state index is 13.2. The van der Waals surface area contributed by atoms with Crippen LogP contribution in [0.3, 0.4) is 0 Å². The van der Waals surface area contributed by atoms with Crippen molar-refractivity contribution in [3.05, 3.63) is 105 Å². The summed E-state index contributed by atoms with van der Waals surface area (Å²) in [5.74, 6) is 0.595. The smallest absolute Gasteiger partial charge is 0.343 e. The SMILES string of the molecule is O=C(Nc1cccc(C(c2c(O)c3c(oc2=O)CCCCCC3)C2CC2)c1)c1cccc2ccccc12. The molecular formula is C32H31NO4. The first-order chi connectivity index (χ1) is 18.1. The maximum absolute atomic E-state index is 13.2. The van der Waals surface area contributed by atoms with Gasteiger partial charge < -0.3 is 14.8 Å². The molecule has 0 spiro atoms. The highest BCUT2D eigenvalue weighted by atomic mass is 16.4. The number of anilines is 1. The first-order valence-electron chi connectivity index (χ1n) is 13.4. The summed E-state index contributed by atoms with van der Waals surface area (Å²) in [6, 6.07) is 21.2. The molecule has 188 valence electrons. The molecule has 1 atom stereocenters. The molecule has 6 rings (SSSR count). The minimum atomic E-state index is -0.432. The number of nitrogens with one attached hydrogen (secondary N) is 1. The van der Waals surface area contributed by atoms with Crippen LogP contribution < -0.4 is 10.9 Å². The summed E-state index contributed by atoms with van der Waals surface area (Å²) in [6.45, 7) is 0. The van der Waals surface area contributed by atoms with Crippen molar-refractivity contribution < 1.29 is 14.3 Å². The van der Waals surface area contributed by atoms with Crippen molar-refractivity contribution in [2.24, 2.45) is 5.92 Å². The summed E-state index contributed by atoms with van der Waals surface area (Å²) in [7, 11) is 0. The molecule has 1 unspecified atom stereocenters. The lowest BCUT2D eigenvalue weighted by molar-refractivity contribution is 0.102. The van der Waals surface area contributed by atoms with E-state index in [2.05, 4.69) is 5.32 Å². The lowest BCUT2D eigenvalue weighted by atomic mass is 9.85. The van der Waals surface area contributed by atoms with E-state index in [-0.39, 0.29) is 23.5 Å². The first kappa shape index (κ1) is 23.5. The molecule has 0 saturated heterocycles. The second-order valence-corrected chi connectivity index (χ2v) is 10.4. The second-order valence-electron chi connectivity index (χ2n) is 10.4. The van der Waals surface area contributed by atoms with Crippen LogP contribution >= 0.6 is 0 Å². The van der Waals surface area contributed by atoms with Crippen molar-refractivity contribution in [2.45, 2.75) is 57.3 Å². The van der Waals surface area contributed by atoms with Crippen LogP contribution in [0.5, 0.6) is 5.75 Å². The molecule has 2 N–H and O–H groups in total. The Kier molecular flexibility index (Phi) is 6.29. The standard InChI is InChI=1S/C32H31NO4/c34-30-26-14-3-1-2-4-16-27(26)37-32(36)29(30)28(21-17-18-21)22-11-7-12-23(19-22)33-31(35)25-15-8-10-20-9-5-6-13-24(20)25/h5-13,15,19,21,28,34H,1-4,14,16-18H2,(H,33,35). The molecule has 5 heteroatoms. The van der Waals surface area contributed by atoms with Crippen molar-refractivity contribution in [3.63, 3.8) is 0 Å². The topological polar surface area (TPSA) is 79.5 Å². The van der Waals surface area contributed by atoms with Gasteiger partial charge in [0.2, 0.25) is 0 Å². The molecule has 37 heavy (non-hydrogen) atoms. The lowest BCUT2D eigenvalue weighted by Crippen LogP contribution is -2.19. The molecule has 1 fully saturated rings. The predicted molar refractivity (Wildman–Crippen MR) is 145 cm³/mol. The average molecular weight is 494 g/mol. The van der Waals surface area contributed by atoms with Crippen LogP contribution in [0, 0.1) is 5.92 Å². The highest BCUT2D eigenvalue weighted by Crippen LogP contribution is 2.49. The van der Waals surface area contributed by atoms with Gasteiger partial charge in [0.15, 0.2) is 0 Å². The summed E-state index contributed by atoms with van der Waals surface area (Å²) in [6.07, 6.45) is 7.61. The van der Waals surface area contributed by atoms with Crippen LogP contribution in [0.2, 0.25) is 0 Å². The number of aryl methyl sites for hydroxylation is 1. The number of benzene rings is 3. The van der Waals surface area contributed by atoms with E-state index in [0.29, 0.717) is 29.0 Å². The van der Waals surface area contributed by atoms with Gasteiger partial charge in [0.25, 0.3) is 5.91 Å². The van der Waals surface area contributed by atoms with Crippen molar-refractivity contribution in [1.29, 1.82) is 0 Å². The van der Waals surface area contributed by atoms with E-state index >= 15 is 0 Å². The molecule has 2 aliphatic rings. The number of hydrogen-bond acceptors (Lipinski definition) is 4. The van der Waals surface area contributed by atoms with E-state index in [1.807, 2.05) is 66.7 Å². The molecule has 2 aliphatic carbocycles. The highest BCUT2D eigenvalue weighted by molar-refractivity contribution is 6.12. The quantitative estimate of drug-likeness (QED) is 0.315. The Bertz CT molecular complexity index is 1530. The molecule has 0 radical (unpaired) electrons. The van der Waals surface area contributed by atoms with Gasteiger partial charge in [0.1, 0.15) is 11.5 Å². The maximum Gasteiger partial charge on any atom is 0.343 e. The fourth-order valence-corrected chi connectivity index (χ4v) is 5.83. The predicted octanol–water partition coefficient (Wildman–Crippen LogP) is 6.95.